The first-order valence-electron chi connectivity index (χ1n) is 9.35. The fraction of sp³-hybridized carbons (Fsp3) is 0.318. The van der Waals surface area contributed by atoms with Crippen molar-refractivity contribution in [3.63, 3.8) is 0 Å². The van der Waals surface area contributed by atoms with Crippen LogP contribution in [-0.2, 0) is 13.2 Å². The molecule has 1 atom stereocenters. The molecule has 6 heteroatoms. The van der Waals surface area contributed by atoms with E-state index in [9.17, 15) is 5.11 Å². The SMILES string of the molecule is CNC[C@H](O)CN(C)Cc1ccccc1OCc1ccc(-c2cscn2)cc1. The van der Waals surface area contributed by atoms with Gasteiger partial charge in [-0.25, -0.2) is 4.98 Å². The third-order valence-electron chi connectivity index (χ3n) is 4.45. The standard InChI is InChI=1S/C22H27N3O2S/c1-23-11-20(26)13-25(2)12-19-5-3-4-6-22(19)27-14-17-7-9-18(10-8-17)21-15-28-16-24-21/h3-10,15-16,20,23,26H,11-14H2,1-2H3/t20-/m0/s1. The second kappa shape index (κ2) is 10.3. The number of aromatic nitrogens is 1. The van der Waals surface area contributed by atoms with Crippen molar-refractivity contribution in [1.29, 1.82) is 0 Å². The predicted molar refractivity (Wildman–Crippen MR) is 115 cm³/mol. The van der Waals surface area contributed by atoms with Crippen molar-refractivity contribution in [3.05, 3.63) is 70.5 Å². The van der Waals surface area contributed by atoms with E-state index in [1.165, 1.54) is 0 Å². The number of para-hydroxylation sites is 1. The molecule has 2 aromatic carbocycles. The maximum Gasteiger partial charge on any atom is 0.124 e. The molecule has 3 aromatic rings. The van der Waals surface area contributed by atoms with E-state index in [4.69, 9.17) is 4.74 Å². The largest absolute Gasteiger partial charge is 0.489 e. The molecule has 5 nitrogen and oxygen atoms in total. The Labute approximate surface area is 170 Å². The number of nitrogens with zero attached hydrogens (tertiary/aromatic N) is 2. The molecule has 0 saturated carbocycles. The molecule has 1 heterocycles. The topological polar surface area (TPSA) is 57.6 Å². The van der Waals surface area contributed by atoms with E-state index in [0.29, 0.717) is 19.7 Å². The molecule has 148 valence electrons. The van der Waals surface area contributed by atoms with Gasteiger partial charge in [0.2, 0.25) is 0 Å². The number of rotatable bonds is 10. The minimum absolute atomic E-state index is 0.390. The highest BCUT2D eigenvalue weighted by atomic mass is 32.1. The molecule has 0 aliphatic carbocycles. The van der Waals surface area contributed by atoms with Crippen molar-refractivity contribution in [2.45, 2.75) is 19.3 Å². The number of likely N-dealkylation sites (N-methyl/N-ethyl adjacent to an activating group) is 2. The molecule has 3 rings (SSSR count). The van der Waals surface area contributed by atoms with Crippen molar-refractivity contribution >= 4 is 11.3 Å². The molecule has 0 amide bonds. The van der Waals surface area contributed by atoms with Gasteiger partial charge in [0.05, 0.1) is 17.3 Å². The van der Waals surface area contributed by atoms with E-state index in [1.54, 1.807) is 11.3 Å². The smallest absolute Gasteiger partial charge is 0.124 e. The van der Waals surface area contributed by atoms with Gasteiger partial charge in [-0.15, -0.1) is 11.3 Å². The molecule has 0 bridgehead atoms. The molecule has 0 fully saturated rings. The summed E-state index contributed by atoms with van der Waals surface area (Å²) in [5.41, 5.74) is 6.20. The summed E-state index contributed by atoms with van der Waals surface area (Å²) in [7, 11) is 3.85. The van der Waals surface area contributed by atoms with Crippen molar-refractivity contribution in [1.82, 2.24) is 15.2 Å². The van der Waals surface area contributed by atoms with Crippen LogP contribution in [0.15, 0.2) is 59.4 Å². The molecular formula is C22H27N3O2S. The highest BCUT2D eigenvalue weighted by Gasteiger charge is 2.11. The Bertz CT molecular complexity index is 837. The Hall–Kier alpha value is -2.25. The van der Waals surface area contributed by atoms with E-state index in [-0.39, 0.29) is 6.10 Å². The quantitative estimate of drug-likeness (QED) is 0.549. The van der Waals surface area contributed by atoms with Crippen LogP contribution in [0.2, 0.25) is 0 Å². The molecule has 1 aromatic heterocycles. The van der Waals surface area contributed by atoms with Gasteiger partial charge in [-0.1, -0.05) is 42.5 Å². The number of hydrogen-bond donors (Lipinski definition) is 2. The molecule has 0 spiro atoms. The summed E-state index contributed by atoms with van der Waals surface area (Å²) in [5, 5.41) is 15.0. The summed E-state index contributed by atoms with van der Waals surface area (Å²) >= 11 is 1.60. The molecule has 0 unspecified atom stereocenters. The van der Waals surface area contributed by atoms with E-state index in [0.717, 1.165) is 34.7 Å². The fourth-order valence-corrected chi connectivity index (χ4v) is 3.64. The molecule has 0 aliphatic heterocycles. The molecule has 2 N–H and O–H groups in total. The van der Waals surface area contributed by atoms with Crippen LogP contribution in [-0.4, -0.2) is 48.3 Å². The third kappa shape index (κ3) is 5.87. The van der Waals surface area contributed by atoms with Gasteiger partial charge in [0.15, 0.2) is 0 Å². The number of nitrogens with one attached hydrogen (secondary N) is 1. The second-order valence-corrected chi connectivity index (χ2v) is 7.59. The van der Waals surface area contributed by atoms with Gasteiger partial charge in [0.25, 0.3) is 0 Å². The molecule has 0 saturated heterocycles. The summed E-state index contributed by atoms with van der Waals surface area (Å²) in [6, 6.07) is 16.4. The summed E-state index contributed by atoms with van der Waals surface area (Å²) in [6.45, 7) is 2.42. The highest BCUT2D eigenvalue weighted by molar-refractivity contribution is 7.07. The van der Waals surface area contributed by atoms with Gasteiger partial charge in [-0.2, -0.15) is 0 Å². The van der Waals surface area contributed by atoms with Crippen LogP contribution in [0.4, 0.5) is 0 Å². The zero-order chi connectivity index (χ0) is 19.8. The number of aliphatic hydroxyl groups is 1. The average molecular weight is 398 g/mol. The number of benzene rings is 2. The maximum atomic E-state index is 9.97. The predicted octanol–water partition coefficient (Wildman–Crippen LogP) is 3.40. The third-order valence-corrected chi connectivity index (χ3v) is 5.04. The number of aliphatic hydroxyl groups excluding tert-OH is 1. The van der Waals surface area contributed by atoms with Gasteiger partial charge in [-0.05, 0) is 25.7 Å². The first-order chi connectivity index (χ1) is 13.7. The summed E-state index contributed by atoms with van der Waals surface area (Å²) in [6.07, 6.45) is -0.390. The van der Waals surface area contributed by atoms with Crippen LogP contribution < -0.4 is 10.1 Å². The van der Waals surface area contributed by atoms with Crippen LogP contribution in [0.3, 0.4) is 0 Å². The van der Waals surface area contributed by atoms with Gasteiger partial charge in [0.1, 0.15) is 12.4 Å². The van der Waals surface area contributed by atoms with Crippen molar-refractivity contribution in [2.24, 2.45) is 0 Å². The fourth-order valence-electron chi connectivity index (χ4n) is 3.08. The van der Waals surface area contributed by atoms with E-state index in [1.807, 2.05) is 43.2 Å². The lowest BCUT2D eigenvalue weighted by molar-refractivity contribution is 0.122. The first kappa shape index (κ1) is 20.5. The zero-order valence-electron chi connectivity index (χ0n) is 16.3. The normalized spacial score (nSPS) is 12.3. The number of ether oxygens (including phenoxy) is 1. The van der Waals surface area contributed by atoms with E-state index >= 15 is 0 Å². The molecular weight excluding hydrogens is 370 g/mol. The lowest BCUT2D eigenvalue weighted by Gasteiger charge is -2.22. The van der Waals surface area contributed by atoms with Crippen molar-refractivity contribution in [2.75, 3.05) is 27.2 Å². The zero-order valence-corrected chi connectivity index (χ0v) is 17.2. The second-order valence-electron chi connectivity index (χ2n) is 6.88. The number of hydrogen-bond acceptors (Lipinski definition) is 6. The lowest BCUT2D eigenvalue weighted by Crippen LogP contribution is -2.35. The van der Waals surface area contributed by atoms with Crippen LogP contribution in [0, 0.1) is 0 Å². The summed E-state index contributed by atoms with van der Waals surface area (Å²) in [4.78, 5) is 6.45. The van der Waals surface area contributed by atoms with Crippen LogP contribution in [0.25, 0.3) is 11.3 Å². The summed E-state index contributed by atoms with van der Waals surface area (Å²) < 4.78 is 6.09. The Morgan fingerprint density at radius 2 is 1.96 bits per heavy atom. The van der Waals surface area contributed by atoms with Crippen LogP contribution in [0.1, 0.15) is 11.1 Å². The highest BCUT2D eigenvalue weighted by Crippen LogP contribution is 2.23. The molecule has 28 heavy (non-hydrogen) atoms. The van der Waals surface area contributed by atoms with Gasteiger partial charge >= 0.3 is 0 Å². The van der Waals surface area contributed by atoms with Crippen LogP contribution >= 0.6 is 11.3 Å². The van der Waals surface area contributed by atoms with Gasteiger partial charge in [-0.3, -0.25) is 4.90 Å². The first-order valence-corrected chi connectivity index (χ1v) is 10.3. The molecule has 0 aliphatic rings. The van der Waals surface area contributed by atoms with E-state index in [2.05, 4.69) is 45.5 Å². The Morgan fingerprint density at radius 1 is 1.18 bits per heavy atom. The van der Waals surface area contributed by atoms with Crippen molar-refractivity contribution < 1.29 is 9.84 Å². The van der Waals surface area contributed by atoms with Crippen LogP contribution in [0.5, 0.6) is 5.75 Å². The molecule has 0 radical (unpaired) electrons. The maximum absolute atomic E-state index is 9.97. The Morgan fingerprint density at radius 3 is 2.68 bits per heavy atom. The van der Waals surface area contributed by atoms with Gasteiger partial charge < -0.3 is 15.2 Å². The number of thiazole rings is 1. The minimum Gasteiger partial charge on any atom is -0.489 e. The Balaban J connectivity index is 1.59. The average Bonchev–Trinajstić information content (AvgIpc) is 3.22. The lowest BCUT2D eigenvalue weighted by atomic mass is 10.1. The van der Waals surface area contributed by atoms with Crippen molar-refractivity contribution in [3.8, 4) is 17.0 Å². The monoisotopic (exact) mass is 397 g/mol. The summed E-state index contributed by atoms with van der Waals surface area (Å²) in [5.74, 6) is 0.876. The van der Waals surface area contributed by atoms with E-state index < -0.39 is 0 Å². The Kier molecular flexibility index (Phi) is 7.56. The van der Waals surface area contributed by atoms with Gasteiger partial charge in [0, 0.05) is 36.1 Å². The minimum atomic E-state index is -0.390.